The maximum Gasteiger partial charge on any atom is 0.250 e. The Labute approximate surface area is 321 Å². The van der Waals surface area contributed by atoms with Gasteiger partial charge in [-0.15, -0.1) is 0 Å². The molecule has 0 amide bonds. The number of aryl methyl sites for hydroxylation is 1. The molecule has 0 aromatic heterocycles. The lowest BCUT2D eigenvalue weighted by atomic mass is 9.98. The molecule has 1 aromatic carbocycles. The van der Waals surface area contributed by atoms with Crippen LogP contribution in [0.15, 0.2) is 24.3 Å². The number of hydrogen-bond acceptors (Lipinski definition) is 4. The summed E-state index contributed by atoms with van der Waals surface area (Å²) < 4.78 is 20.7. The number of benzene rings is 1. The van der Waals surface area contributed by atoms with Gasteiger partial charge in [-0.05, 0) is 91.4 Å². The van der Waals surface area contributed by atoms with Gasteiger partial charge in [0.2, 0.25) is 8.32 Å². The van der Waals surface area contributed by atoms with E-state index in [1.54, 1.807) is 0 Å². The van der Waals surface area contributed by atoms with Gasteiger partial charge in [0, 0.05) is 18.9 Å². The van der Waals surface area contributed by atoms with E-state index in [2.05, 4.69) is 133 Å². The molecule has 0 radical (unpaired) electrons. The summed E-state index contributed by atoms with van der Waals surface area (Å²) in [5.74, 6) is 1.23. The molecular formula is C44H86O4Si3. The Kier molecular flexibility index (Phi) is 20.2. The monoisotopic (exact) mass is 763 g/mol. The van der Waals surface area contributed by atoms with Crippen LogP contribution in [0.25, 0.3) is 0 Å². The van der Waals surface area contributed by atoms with Gasteiger partial charge in [-0.1, -0.05) is 152 Å². The molecule has 0 fully saturated rings. The Morgan fingerprint density at radius 3 is 1.43 bits per heavy atom. The van der Waals surface area contributed by atoms with Crippen molar-refractivity contribution in [3.8, 4) is 5.75 Å². The van der Waals surface area contributed by atoms with E-state index in [1.807, 2.05) is 0 Å². The van der Waals surface area contributed by atoms with Crippen LogP contribution in [0.1, 0.15) is 171 Å². The fraction of sp³-hybridized carbons (Fsp3) is 0.841. The summed E-state index contributed by atoms with van der Waals surface area (Å²) in [5, 5.41) is 0.371. The molecule has 0 heterocycles. The van der Waals surface area contributed by atoms with Gasteiger partial charge in [0.15, 0.2) is 16.6 Å². The first-order valence-corrected chi connectivity index (χ1v) is 29.7. The van der Waals surface area contributed by atoms with E-state index in [4.69, 9.17) is 13.3 Å². The van der Waals surface area contributed by atoms with Gasteiger partial charge in [0.05, 0.1) is 6.10 Å². The first-order valence-electron chi connectivity index (χ1n) is 21.0. The molecule has 1 aromatic rings. The number of carbonyl (C=O) groups excluding carboxylic acids is 1. The van der Waals surface area contributed by atoms with Crippen LogP contribution < -0.4 is 4.43 Å². The lowest BCUT2D eigenvalue weighted by Gasteiger charge is -2.42. The fourth-order valence-electron chi connectivity index (χ4n) is 5.73. The largest absolute Gasteiger partial charge is 0.544 e. The molecule has 1 rings (SSSR count). The van der Waals surface area contributed by atoms with Crippen molar-refractivity contribution < 1.29 is 18.1 Å². The molecule has 51 heavy (non-hydrogen) atoms. The summed E-state index contributed by atoms with van der Waals surface area (Å²) in [6.45, 7) is 36.9. The molecular weight excluding hydrogens is 677 g/mol. The molecule has 0 bridgehead atoms. The lowest BCUT2D eigenvalue weighted by Crippen LogP contribution is -2.47. The molecule has 0 aliphatic carbocycles. The van der Waals surface area contributed by atoms with Gasteiger partial charge in [-0.2, -0.15) is 0 Å². The Balaban J connectivity index is 2.97. The average molecular weight is 763 g/mol. The topological polar surface area (TPSA) is 44.8 Å². The summed E-state index contributed by atoms with van der Waals surface area (Å²) >= 11 is 0. The van der Waals surface area contributed by atoms with Gasteiger partial charge in [-0.3, -0.25) is 4.79 Å². The predicted octanol–water partition coefficient (Wildman–Crippen LogP) is 14.8. The Morgan fingerprint density at radius 2 is 1.00 bits per heavy atom. The van der Waals surface area contributed by atoms with Gasteiger partial charge in [-0.25, -0.2) is 0 Å². The zero-order valence-corrected chi connectivity index (χ0v) is 39.9. The molecule has 0 saturated heterocycles. The number of Topliss-reactive ketones (excluding diaryl/α,β-unsaturated/α-hetero) is 1. The van der Waals surface area contributed by atoms with Crippen molar-refractivity contribution in [3.05, 3.63) is 29.8 Å². The van der Waals surface area contributed by atoms with Gasteiger partial charge in [0.1, 0.15) is 11.5 Å². The second-order valence-corrected chi connectivity index (χ2v) is 34.5. The minimum absolute atomic E-state index is 0.0777. The summed E-state index contributed by atoms with van der Waals surface area (Å²) in [6.07, 6.45) is 18.4. The first-order chi connectivity index (χ1) is 23.3. The van der Waals surface area contributed by atoms with E-state index in [-0.39, 0.29) is 27.3 Å². The SMILES string of the molecule is CCCCCCCCCCCCC[C@H](C[C@@H](CC(=O)CCc1ccc(O[Si](C)(C)C(C)(C)C)cc1)O[Si](C)(C)C(C)(C)C)O[Si](C)(C)C(C)(C)C. The van der Waals surface area contributed by atoms with Crippen molar-refractivity contribution >= 4 is 30.7 Å². The number of unbranched alkanes of at least 4 members (excludes halogenated alkanes) is 10. The third-order valence-electron chi connectivity index (χ3n) is 12.4. The Morgan fingerprint density at radius 1 is 0.588 bits per heavy atom. The quantitative estimate of drug-likeness (QED) is 0.0735. The molecule has 2 atom stereocenters. The maximum atomic E-state index is 13.7. The highest BCUT2D eigenvalue weighted by Gasteiger charge is 2.42. The van der Waals surface area contributed by atoms with Gasteiger partial charge >= 0.3 is 0 Å². The minimum Gasteiger partial charge on any atom is -0.544 e. The molecule has 0 saturated carbocycles. The van der Waals surface area contributed by atoms with Crippen LogP contribution in [-0.4, -0.2) is 42.9 Å². The van der Waals surface area contributed by atoms with Crippen LogP contribution in [0.4, 0.5) is 0 Å². The lowest BCUT2D eigenvalue weighted by molar-refractivity contribution is -0.121. The van der Waals surface area contributed by atoms with Gasteiger partial charge < -0.3 is 13.3 Å². The van der Waals surface area contributed by atoms with Crippen LogP contribution in [0.5, 0.6) is 5.75 Å². The van der Waals surface area contributed by atoms with Gasteiger partial charge in [0.25, 0.3) is 0 Å². The van der Waals surface area contributed by atoms with E-state index in [9.17, 15) is 4.79 Å². The number of carbonyl (C=O) groups is 1. The highest BCUT2D eigenvalue weighted by Crippen LogP contribution is 2.41. The van der Waals surface area contributed by atoms with Crippen molar-refractivity contribution in [2.24, 2.45) is 0 Å². The van der Waals surface area contributed by atoms with Crippen molar-refractivity contribution in [2.45, 2.75) is 239 Å². The van der Waals surface area contributed by atoms with Crippen LogP contribution in [0.2, 0.25) is 54.4 Å². The predicted molar refractivity (Wildman–Crippen MR) is 232 cm³/mol. The standard InChI is InChI=1S/C44H86O4Si3/c1-17-18-19-20-21-22-23-24-25-26-27-28-40(47-50(13,14)43(5,6)7)36-41(48-51(15,16)44(8,9)10)35-38(45)32-29-37-30-33-39(34-31-37)46-49(11,12)42(2,3)4/h30-31,33-34,40-41H,17-29,32,35-36H2,1-16H3/t40-,41-/m1/s1. The normalized spacial score (nSPS) is 14.8. The van der Waals surface area contributed by atoms with Crippen molar-refractivity contribution in [3.63, 3.8) is 0 Å². The van der Waals surface area contributed by atoms with Crippen molar-refractivity contribution in [1.82, 2.24) is 0 Å². The summed E-state index contributed by atoms with van der Waals surface area (Å²) in [6, 6.07) is 8.44. The second kappa shape index (κ2) is 21.4. The summed E-state index contributed by atoms with van der Waals surface area (Å²) in [4.78, 5) is 13.7. The third-order valence-corrected chi connectivity index (χ3v) is 25.9. The highest BCUT2D eigenvalue weighted by molar-refractivity contribution is 6.75. The maximum absolute atomic E-state index is 13.7. The first kappa shape index (κ1) is 48.3. The summed E-state index contributed by atoms with van der Waals surface area (Å²) in [7, 11) is -5.98. The van der Waals surface area contributed by atoms with E-state index in [0.29, 0.717) is 18.6 Å². The molecule has 0 aliphatic heterocycles. The smallest absolute Gasteiger partial charge is 0.250 e. The van der Waals surface area contributed by atoms with Crippen molar-refractivity contribution in [2.75, 3.05) is 0 Å². The van der Waals surface area contributed by atoms with E-state index in [0.717, 1.165) is 25.0 Å². The van der Waals surface area contributed by atoms with Crippen LogP contribution in [-0.2, 0) is 20.1 Å². The number of rotatable bonds is 25. The van der Waals surface area contributed by atoms with Crippen LogP contribution in [0, 0.1) is 0 Å². The molecule has 4 nitrogen and oxygen atoms in total. The van der Waals surface area contributed by atoms with E-state index < -0.39 is 25.0 Å². The Bertz CT molecular complexity index is 1110. The molecule has 0 aliphatic rings. The fourth-order valence-corrected chi connectivity index (χ4v) is 9.52. The van der Waals surface area contributed by atoms with Crippen LogP contribution in [0.3, 0.4) is 0 Å². The Hall–Kier alpha value is -0.739. The second-order valence-electron chi connectivity index (χ2n) is 20.3. The van der Waals surface area contributed by atoms with Crippen LogP contribution >= 0.6 is 0 Å². The van der Waals surface area contributed by atoms with E-state index >= 15 is 0 Å². The zero-order chi connectivity index (χ0) is 39.2. The highest BCUT2D eigenvalue weighted by atomic mass is 28.4. The minimum atomic E-state index is -2.10. The molecule has 0 unspecified atom stereocenters. The zero-order valence-electron chi connectivity index (χ0n) is 36.9. The molecule has 298 valence electrons. The summed E-state index contributed by atoms with van der Waals surface area (Å²) in [5.41, 5.74) is 1.18. The number of ketones is 1. The van der Waals surface area contributed by atoms with Crippen molar-refractivity contribution in [1.29, 1.82) is 0 Å². The average Bonchev–Trinajstić information content (AvgIpc) is 2.97. The van der Waals surface area contributed by atoms with E-state index in [1.165, 1.54) is 76.2 Å². The third kappa shape index (κ3) is 18.4. The number of hydrogen-bond donors (Lipinski definition) is 0. The molecule has 0 spiro atoms. The molecule has 0 N–H and O–H groups in total. The molecule has 7 heteroatoms.